The van der Waals surface area contributed by atoms with Crippen LogP contribution in [-0.2, 0) is 25.6 Å². The molecule has 2 N–H and O–H groups in total. The molecule has 7 heteroatoms. The molecule has 0 aromatic heterocycles. The van der Waals surface area contributed by atoms with Crippen LogP contribution in [0.1, 0.15) is 42.7 Å². The third-order valence-corrected chi connectivity index (χ3v) is 6.38. The minimum atomic E-state index is -3.93. The van der Waals surface area contributed by atoms with Crippen LogP contribution in [0.5, 0.6) is 0 Å². The summed E-state index contributed by atoms with van der Waals surface area (Å²) in [5.74, 6) is 0.0473. The lowest BCUT2D eigenvalue weighted by Crippen LogP contribution is -2.36. The van der Waals surface area contributed by atoms with E-state index >= 15 is 0 Å². The molecule has 1 spiro atoms. The first-order valence-electron chi connectivity index (χ1n) is 7.81. The van der Waals surface area contributed by atoms with Crippen LogP contribution in [0.3, 0.4) is 0 Å². The van der Waals surface area contributed by atoms with Gasteiger partial charge in [0.25, 0.3) is 0 Å². The highest BCUT2D eigenvalue weighted by Crippen LogP contribution is 2.56. The molecule has 1 saturated carbocycles. The second-order valence-corrected chi connectivity index (χ2v) is 8.78. The van der Waals surface area contributed by atoms with Gasteiger partial charge in [-0.1, -0.05) is 22.0 Å². The second kappa shape index (κ2) is 6.44. The molecule has 23 heavy (non-hydrogen) atoms. The van der Waals surface area contributed by atoms with Gasteiger partial charge in [-0.2, -0.15) is 8.42 Å². The van der Waals surface area contributed by atoms with Crippen LogP contribution in [0.2, 0.25) is 0 Å². The molecule has 0 saturated heterocycles. The van der Waals surface area contributed by atoms with Crippen molar-refractivity contribution in [2.24, 2.45) is 10.6 Å². The number of hydrogen-bond acceptors (Lipinski definition) is 4. The molecule has 128 valence electrons. The Balaban J connectivity index is 1.90. The normalized spacial score (nSPS) is 30.6. The number of ether oxygens (including phenoxy) is 1. The van der Waals surface area contributed by atoms with Gasteiger partial charge in [-0.25, -0.2) is 5.14 Å². The van der Waals surface area contributed by atoms with Gasteiger partial charge in [0.2, 0.25) is 0 Å². The Morgan fingerprint density at radius 2 is 2.04 bits per heavy atom. The lowest BCUT2D eigenvalue weighted by atomic mass is 9.66. The standard InChI is InChI=1S/C16H22BrNO4S/c1-21-13-4-6-16(7-5-13)9-11-2-3-12(17)8-14(11)15(16)10-22-23(18,19)20/h2-3,8,13,15H,4-7,9-10H2,1H3,(H2,18,19,20). The van der Waals surface area contributed by atoms with Crippen molar-refractivity contribution < 1.29 is 17.3 Å². The van der Waals surface area contributed by atoms with Crippen molar-refractivity contribution in [1.29, 1.82) is 0 Å². The molecule has 0 bridgehead atoms. The van der Waals surface area contributed by atoms with Crippen LogP contribution in [0, 0.1) is 5.41 Å². The van der Waals surface area contributed by atoms with Crippen molar-refractivity contribution in [2.75, 3.05) is 13.7 Å². The molecule has 3 rings (SSSR count). The lowest BCUT2D eigenvalue weighted by molar-refractivity contribution is 0.0140. The molecule has 0 heterocycles. The van der Waals surface area contributed by atoms with E-state index in [1.54, 1.807) is 7.11 Å². The number of methoxy groups -OCH3 is 1. The smallest absolute Gasteiger partial charge is 0.333 e. The molecule has 5 nitrogen and oxygen atoms in total. The summed E-state index contributed by atoms with van der Waals surface area (Å²) in [7, 11) is -2.18. The molecule has 1 unspecified atom stereocenters. The molecule has 2 aliphatic rings. The van der Waals surface area contributed by atoms with E-state index in [-0.39, 0.29) is 17.9 Å². The third-order valence-electron chi connectivity index (χ3n) is 5.43. The van der Waals surface area contributed by atoms with Gasteiger partial charge < -0.3 is 4.74 Å². The molecule has 0 amide bonds. The first-order valence-corrected chi connectivity index (χ1v) is 10.1. The van der Waals surface area contributed by atoms with Gasteiger partial charge in [0.05, 0.1) is 12.7 Å². The molecule has 0 aliphatic heterocycles. The SMILES string of the molecule is COC1CCC2(CC1)Cc1ccc(Br)cc1C2COS(N)(=O)=O. The van der Waals surface area contributed by atoms with Gasteiger partial charge in [0.15, 0.2) is 0 Å². The predicted molar refractivity (Wildman–Crippen MR) is 91.3 cm³/mol. The highest BCUT2D eigenvalue weighted by molar-refractivity contribution is 9.10. The Hall–Kier alpha value is -0.470. The number of rotatable bonds is 4. The van der Waals surface area contributed by atoms with Crippen LogP contribution in [0.25, 0.3) is 0 Å². The molecule has 1 aromatic carbocycles. The Kier molecular flexibility index (Phi) is 4.86. The van der Waals surface area contributed by atoms with Crippen LogP contribution in [0.4, 0.5) is 0 Å². The average Bonchev–Trinajstić information content (AvgIpc) is 2.78. The van der Waals surface area contributed by atoms with Crippen LogP contribution >= 0.6 is 15.9 Å². The van der Waals surface area contributed by atoms with Crippen molar-refractivity contribution in [3.63, 3.8) is 0 Å². The summed E-state index contributed by atoms with van der Waals surface area (Å²) in [5, 5.41) is 5.05. The Morgan fingerprint density at radius 3 is 2.65 bits per heavy atom. The zero-order valence-electron chi connectivity index (χ0n) is 13.1. The van der Waals surface area contributed by atoms with Gasteiger partial charge >= 0.3 is 10.3 Å². The van der Waals surface area contributed by atoms with Crippen molar-refractivity contribution >= 4 is 26.2 Å². The second-order valence-electron chi connectivity index (χ2n) is 6.65. The van der Waals surface area contributed by atoms with Crippen molar-refractivity contribution in [3.8, 4) is 0 Å². The molecular weight excluding hydrogens is 382 g/mol. The first kappa shape index (κ1) is 17.4. The fourth-order valence-corrected chi connectivity index (χ4v) is 4.94. The van der Waals surface area contributed by atoms with Gasteiger partial charge in [-0.3, -0.25) is 4.18 Å². The number of benzene rings is 1. The highest BCUT2D eigenvalue weighted by Gasteiger charge is 2.48. The maximum atomic E-state index is 11.3. The van der Waals surface area contributed by atoms with Crippen molar-refractivity contribution in [2.45, 2.75) is 44.1 Å². The summed E-state index contributed by atoms with van der Waals surface area (Å²) >= 11 is 3.51. The summed E-state index contributed by atoms with van der Waals surface area (Å²) in [6, 6.07) is 6.25. The minimum Gasteiger partial charge on any atom is -0.381 e. The maximum absolute atomic E-state index is 11.3. The van der Waals surface area contributed by atoms with E-state index in [0.717, 1.165) is 36.6 Å². The van der Waals surface area contributed by atoms with E-state index < -0.39 is 10.3 Å². The number of hydrogen-bond donors (Lipinski definition) is 1. The summed E-state index contributed by atoms with van der Waals surface area (Å²) in [4.78, 5) is 0. The predicted octanol–water partition coefficient (Wildman–Crippen LogP) is 2.88. The highest BCUT2D eigenvalue weighted by atomic mass is 79.9. The van der Waals surface area contributed by atoms with E-state index in [0.29, 0.717) is 6.10 Å². The van der Waals surface area contributed by atoms with Crippen molar-refractivity contribution in [3.05, 3.63) is 33.8 Å². The largest absolute Gasteiger partial charge is 0.381 e. The average molecular weight is 404 g/mol. The fraction of sp³-hybridized carbons (Fsp3) is 0.625. The zero-order chi connectivity index (χ0) is 16.7. The van der Waals surface area contributed by atoms with Crippen LogP contribution in [0.15, 0.2) is 22.7 Å². The monoisotopic (exact) mass is 403 g/mol. The Morgan fingerprint density at radius 1 is 1.35 bits per heavy atom. The van der Waals surface area contributed by atoms with E-state index in [4.69, 9.17) is 14.1 Å². The van der Waals surface area contributed by atoms with Crippen LogP contribution < -0.4 is 5.14 Å². The summed E-state index contributed by atoms with van der Waals surface area (Å²) in [6.07, 6.45) is 5.28. The molecule has 1 aromatic rings. The molecule has 1 fully saturated rings. The van der Waals surface area contributed by atoms with E-state index in [1.165, 1.54) is 11.1 Å². The molecule has 1 atom stereocenters. The fourth-order valence-electron chi connectivity index (χ4n) is 4.24. The summed E-state index contributed by atoms with van der Waals surface area (Å²) in [6.45, 7) is 0.111. The summed E-state index contributed by atoms with van der Waals surface area (Å²) < 4.78 is 34.0. The van der Waals surface area contributed by atoms with Gasteiger partial charge in [-0.05, 0) is 60.8 Å². The van der Waals surface area contributed by atoms with E-state index in [9.17, 15) is 8.42 Å². The Bertz CT molecular complexity index is 683. The minimum absolute atomic E-state index is 0.0445. The molecule has 0 radical (unpaired) electrons. The third kappa shape index (κ3) is 3.64. The molecular formula is C16H22BrNO4S. The zero-order valence-corrected chi connectivity index (χ0v) is 15.5. The maximum Gasteiger partial charge on any atom is 0.333 e. The van der Waals surface area contributed by atoms with E-state index in [1.807, 2.05) is 6.07 Å². The van der Waals surface area contributed by atoms with Gasteiger partial charge in [0, 0.05) is 17.5 Å². The quantitative estimate of drug-likeness (QED) is 0.837. The number of nitrogens with two attached hydrogens (primary N) is 1. The Labute approximate surface area is 145 Å². The van der Waals surface area contributed by atoms with Crippen LogP contribution in [-0.4, -0.2) is 28.2 Å². The van der Waals surface area contributed by atoms with Crippen molar-refractivity contribution in [1.82, 2.24) is 0 Å². The molecule has 2 aliphatic carbocycles. The number of fused-ring (bicyclic) bond motifs is 1. The number of halogens is 1. The summed E-state index contributed by atoms with van der Waals surface area (Å²) in [5.41, 5.74) is 2.51. The van der Waals surface area contributed by atoms with E-state index in [2.05, 4.69) is 28.1 Å². The van der Waals surface area contributed by atoms with Gasteiger partial charge in [-0.15, -0.1) is 0 Å². The van der Waals surface area contributed by atoms with Gasteiger partial charge in [0.1, 0.15) is 0 Å². The first-order chi connectivity index (χ1) is 10.8. The lowest BCUT2D eigenvalue weighted by Gasteiger charge is -2.41. The topological polar surface area (TPSA) is 78.6 Å².